The quantitative estimate of drug-likeness (QED) is 0.141. The van der Waals surface area contributed by atoms with Crippen LogP contribution in [0.4, 0.5) is 18.9 Å². The molecule has 0 saturated heterocycles. The molecule has 1 amide bonds. The van der Waals surface area contributed by atoms with Crippen LogP contribution in [0.5, 0.6) is 0 Å². The molecule has 236 valence electrons. The molecule has 1 heterocycles. The average Bonchev–Trinajstić information content (AvgIpc) is 3.41. The van der Waals surface area contributed by atoms with Gasteiger partial charge in [-0.3, -0.25) is 9.59 Å². The molecule has 1 aromatic heterocycles. The Labute approximate surface area is 270 Å². The fourth-order valence-corrected chi connectivity index (χ4v) is 6.26. The molecule has 0 radical (unpaired) electrons. The lowest BCUT2D eigenvalue weighted by Gasteiger charge is -2.20. The van der Waals surface area contributed by atoms with Crippen LogP contribution in [-0.2, 0) is 11.3 Å². The summed E-state index contributed by atoms with van der Waals surface area (Å²) in [4.78, 5) is 26.8. The number of halogens is 3. The number of nitrogens with one attached hydrogen (secondary N) is 1. The van der Waals surface area contributed by atoms with Crippen LogP contribution in [0.15, 0.2) is 114 Å². The summed E-state index contributed by atoms with van der Waals surface area (Å²) in [7, 11) is 0. The summed E-state index contributed by atoms with van der Waals surface area (Å²) in [6, 6.07) is 29.8. The second-order valence-electron chi connectivity index (χ2n) is 11.1. The lowest BCUT2D eigenvalue weighted by atomic mass is 9.94. The molecule has 5 nitrogen and oxygen atoms in total. The summed E-state index contributed by atoms with van der Waals surface area (Å²) >= 11 is 0.402. The third-order valence-corrected chi connectivity index (χ3v) is 8.53. The monoisotopic (exact) mass is 642 g/mol. The first-order valence-corrected chi connectivity index (χ1v) is 15.7. The first-order chi connectivity index (χ1) is 22.2. The van der Waals surface area contributed by atoms with Crippen LogP contribution >= 0.6 is 11.8 Å². The van der Waals surface area contributed by atoms with E-state index in [9.17, 15) is 23.5 Å². The highest BCUT2D eigenvalue weighted by Crippen LogP contribution is 2.43. The summed E-state index contributed by atoms with van der Waals surface area (Å²) in [5.74, 6) is -1.67. The SMILES string of the molecule is CC(C)c1c(C(=O)Nc2ccccc2)c(-c2ccccc2)c(-c2ccc(F)cc2)n1CC[C@@H](O)[C@@H](F)C(=O)Sc1ccccc1F. The molecule has 0 aliphatic heterocycles. The molecule has 5 rings (SSSR count). The van der Waals surface area contributed by atoms with Crippen LogP contribution in [0.2, 0.25) is 0 Å². The maximum atomic E-state index is 15.3. The van der Waals surface area contributed by atoms with Gasteiger partial charge in [0.1, 0.15) is 11.6 Å². The predicted molar refractivity (Wildman–Crippen MR) is 177 cm³/mol. The molecule has 9 heteroatoms. The van der Waals surface area contributed by atoms with Crippen molar-refractivity contribution in [3.8, 4) is 22.4 Å². The van der Waals surface area contributed by atoms with Crippen molar-refractivity contribution >= 4 is 28.5 Å². The number of nitrogens with zero attached hydrogens (tertiary/aromatic N) is 1. The summed E-state index contributed by atoms with van der Waals surface area (Å²) in [6.45, 7) is 3.88. The fourth-order valence-electron chi connectivity index (χ4n) is 5.47. The molecule has 5 aromatic rings. The van der Waals surface area contributed by atoms with Crippen molar-refractivity contribution in [1.29, 1.82) is 0 Å². The maximum Gasteiger partial charge on any atom is 0.258 e. The molecule has 2 N–H and O–H groups in total. The Morgan fingerprint density at radius 3 is 2.07 bits per heavy atom. The van der Waals surface area contributed by atoms with E-state index in [2.05, 4.69) is 5.32 Å². The molecule has 0 aliphatic carbocycles. The van der Waals surface area contributed by atoms with Gasteiger partial charge in [0.2, 0.25) is 5.12 Å². The number of carbonyl (C=O) groups is 2. The smallest absolute Gasteiger partial charge is 0.258 e. The molecule has 2 atom stereocenters. The van der Waals surface area contributed by atoms with E-state index in [1.165, 1.54) is 36.4 Å². The number of alkyl halides is 1. The molecule has 0 saturated carbocycles. The van der Waals surface area contributed by atoms with Crippen LogP contribution in [0.3, 0.4) is 0 Å². The number of rotatable bonds is 11. The standard InChI is InChI=1S/C37H33F3N2O3S/c1-23(2)34-32(36(44)41-27-13-7-4-8-14-27)31(24-11-5-3-6-12-24)35(25-17-19-26(38)20-18-25)42(34)22-21-29(43)33(40)37(45)46-30-16-10-9-15-28(30)39/h3-20,23,29,33,43H,21-22H2,1-2H3,(H,41,44)/t29-,33-/m1/s1. The molecule has 0 aliphatic rings. The van der Waals surface area contributed by atoms with Gasteiger partial charge in [0.25, 0.3) is 5.91 Å². The number of hydrogen-bond donors (Lipinski definition) is 2. The van der Waals surface area contributed by atoms with E-state index in [4.69, 9.17) is 0 Å². The van der Waals surface area contributed by atoms with Gasteiger partial charge >= 0.3 is 0 Å². The van der Waals surface area contributed by atoms with Gasteiger partial charge in [0.05, 0.1) is 22.3 Å². The van der Waals surface area contributed by atoms with Crippen LogP contribution in [0, 0.1) is 11.6 Å². The van der Waals surface area contributed by atoms with Crippen LogP contribution in [0.25, 0.3) is 22.4 Å². The molecular weight excluding hydrogens is 609 g/mol. The van der Waals surface area contributed by atoms with Crippen molar-refractivity contribution in [2.75, 3.05) is 5.32 Å². The van der Waals surface area contributed by atoms with Crippen molar-refractivity contribution in [1.82, 2.24) is 4.57 Å². The highest BCUT2D eigenvalue weighted by atomic mass is 32.2. The Morgan fingerprint density at radius 2 is 1.43 bits per heavy atom. The van der Waals surface area contributed by atoms with Gasteiger partial charge in [-0.15, -0.1) is 0 Å². The number of aliphatic hydroxyl groups excluding tert-OH is 1. The molecule has 0 fully saturated rings. The van der Waals surface area contributed by atoms with Gasteiger partial charge in [-0.1, -0.05) is 74.5 Å². The Kier molecular flexibility index (Phi) is 10.4. The number of hydrogen-bond acceptors (Lipinski definition) is 4. The van der Waals surface area contributed by atoms with Gasteiger partial charge in [-0.05, 0) is 83.8 Å². The van der Waals surface area contributed by atoms with Gasteiger partial charge in [0.15, 0.2) is 6.17 Å². The summed E-state index contributed by atoms with van der Waals surface area (Å²) in [5, 5.41) is 12.9. The van der Waals surface area contributed by atoms with E-state index in [-0.39, 0.29) is 29.7 Å². The zero-order valence-corrected chi connectivity index (χ0v) is 26.1. The van der Waals surface area contributed by atoms with Gasteiger partial charge < -0.3 is 15.0 Å². The highest BCUT2D eigenvalue weighted by molar-refractivity contribution is 8.13. The third-order valence-electron chi connectivity index (χ3n) is 7.55. The number of aromatic nitrogens is 1. The summed E-state index contributed by atoms with van der Waals surface area (Å²) in [6.07, 6.45) is -4.19. The molecular formula is C37H33F3N2O3S. The minimum atomic E-state index is -2.29. The van der Waals surface area contributed by atoms with Crippen molar-refractivity contribution in [2.45, 2.75) is 49.9 Å². The lowest BCUT2D eigenvalue weighted by Crippen LogP contribution is -2.30. The molecule has 46 heavy (non-hydrogen) atoms. The Balaban J connectivity index is 1.59. The number of benzene rings is 4. The Bertz CT molecular complexity index is 1810. The summed E-state index contributed by atoms with van der Waals surface area (Å²) < 4.78 is 45.4. The van der Waals surface area contributed by atoms with Gasteiger partial charge in [-0.2, -0.15) is 0 Å². The van der Waals surface area contributed by atoms with E-state index >= 15 is 4.39 Å². The third kappa shape index (κ3) is 7.27. The second kappa shape index (κ2) is 14.7. The first-order valence-electron chi connectivity index (χ1n) is 14.9. The minimum Gasteiger partial charge on any atom is -0.390 e. The van der Waals surface area contributed by atoms with Crippen molar-refractivity contribution < 1.29 is 27.9 Å². The van der Waals surface area contributed by atoms with Gasteiger partial charge in [-0.25, -0.2) is 13.2 Å². The largest absolute Gasteiger partial charge is 0.390 e. The summed E-state index contributed by atoms with van der Waals surface area (Å²) in [5.41, 5.74) is 4.14. The Hall–Kier alpha value is -4.60. The fraction of sp³-hybridized carbons (Fsp3) is 0.189. The zero-order valence-electron chi connectivity index (χ0n) is 25.3. The van der Waals surface area contributed by atoms with Crippen molar-refractivity contribution in [3.05, 3.63) is 132 Å². The lowest BCUT2D eigenvalue weighted by molar-refractivity contribution is -0.119. The van der Waals surface area contributed by atoms with E-state index < -0.39 is 29.0 Å². The van der Waals surface area contributed by atoms with Crippen LogP contribution < -0.4 is 5.32 Å². The zero-order chi connectivity index (χ0) is 32.8. The van der Waals surface area contributed by atoms with E-state index in [1.54, 1.807) is 24.3 Å². The van der Waals surface area contributed by atoms with E-state index in [0.29, 0.717) is 45.5 Å². The number of aliphatic hydroxyl groups is 1. The average molecular weight is 643 g/mol. The Morgan fingerprint density at radius 1 is 0.826 bits per heavy atom. The molecule has 0 spiro atoms. The highest BCUT2D eigenvalue weighted by Gasteiger charge is 2.32. The number of amides is 1. The number of carbonyl (C=O) groups excluding carboxylic acids is 2. The molecule has 4 aromatic carbocycles. The van der Waals surface area contributed by atoms with Crippen LogP contribution in [0.1, 0.15) is 42.2 Å². The van der Waals surface area contributed by atoms with Gasteiger partial charge in [0, 0.05) is 23.5 Å². The minimum absolute atomic E-state index is 0.0257. The van der Waals surface area contributed by atoms with Crippen molar-refractivity contribution in [3.63, 3.8) is 0 Å². The second-order valence-corrected chi connectivity index (χ2v) is 12.1. The predicted octanol–water partition coefficient (Wildman–Crippen LogP) is 8.88. The normalized spacial score (nSPS) is 12.6. The maximum absolute atomic E-state index is 15.3. The molecule has 0 unspecified atom stereocenters. The topological polar surface area (TPSA) is 71.3 Å². The first kappa shape index (κ1) is 32.8. The van der Waals surface area contributed by atoms with Crippen molar-refractivity contribution in [2.24, 2.45) is 0 Å². The molecule has 0 bridgehead atoms. The van der Waals surface area contributed by atoms with E-state index in [1.807, 2.05) is 66.9 Å². The van der Waals surface area contributed by atoms with E-state index in [0.717, 1.165) is 5.56 Å². The van der Waals surface area contributed by atoms with Crippen LogP contribution in [-0.4, -0.2) is 33.0 Å². The number of thioether (sulfide) groups is 1. The number of para-hydroxylation sites is 1. The number of anilines is 1.